The van der Waals surface area contributed by atoms with E-state index >= 15 is 0 Å². The largest absolute Gasteiger partial charge is 0.462 e. The first-order valence-corrected chi connectivity index (χ1v) is 26.5. The Morgan fingerprint density at radius 3 is 0.967 bits per heavy atom. The molecule has 0 saturated heterocycles. The van der Waals surface area contributed by atoms with Crippen LogP contribution in [0.2, 0.25) is 0 Å². The predicted octanol–water partition coefficient (Wildman–Crippen LogP) is 17.3. The minimum Gasteiger partial charge on any atom is -0.462 e. The summed E-state index contributed by atoms with van der Waals surface area (Å²) >= 11 is 0. The average Bonchev–Trinajstić information content (AvgIpc) is 3.26. The van der Waals surface area contributed by atoms with Gasteiger partial charge >= 0.3 is 17.9 Å². The van der Waals surface area contributed by atoms with Crippen LogP contribution in [0.25, 0.3) is 0 Å². The van der Waals surface area contributed by atoms with Gasteiger partial charge in [0.25, 0.3) is 0 Å². The predicted molar refractivity (Wildman–Crippen MR) is 261 cm³/mol. The number of hydrogen-bond donors (Lipinski definition) is 0. The zero-order valence-corrected chi connectivity index (χ0v) is 40.7. The summed E-state index contributed by atoms with van der Waals surface area (Å²) in [6.07, 6.45) is 58.4. The van der Waals surface area contributed by atoms with Crippen molar-refractivity contribution in [3.63, 3.8) is 0 Å². The highest BCUT2D eigenvalue weighted by Gasteiger charge is 2.19. The molecule has 356 valence electrons. The molecule has 0 aromatic heterocycles. The third-order valence-corrected chi connectivity index (χ3v) is 11.6. The van der Waals surface area contributed by atoms with Crippen LogP contribution < -0.4 is 0 Å². The van der Waals surface area contributed by atoms with Gasteiger partial charge in [-0.3, -0.25) is 14.4 Å². The molecule has 0 heterocycles. The quantitative estimate of drug-likeness (QED) is 0.0262. The van der Waals surface area contributed by atoms with Crippen LogP contribution in [0.15, 0.2) is 36.5 Å². The minimum atomic E-state index is -0.777. The summed E-state index contributed by atoms with van der Waals surface area (Å²) in [7, 11) is 0. The number of carbonyl (C=O) groups excluding carboxylic acids is 3. The van der Waals surface area contributed by atoms with Gasteiger partial charge in [0, 0.05) is 19.3 Å². The van der Waals surface area contributed by atoms with Crippen molar-refractivity contribution >= 4 is 17.9 Å². The number of ether oxygens (including phenoxy) is 3. The van der Waals surface area contributed by atoms with E-state index in [1.54, 1.807) is 0 Å². The van der Waals surface area contributed by atoms with Crippen molar-refractivity contribution in [1.82, 2.24) is 0 Å². The zero-order chi connectivity index (χ0) is 44.4. The first-order chi connectivity index (χ1) is 30.0. The zero-order valence-electron chi connectivity index (χ0n) is 40.7. The van der Waals surface area contributed by atoms with Crippen LogP contribution in [-0.2, 0) is 28.6 Å². The highest BCUT2D eigenvalue weighted by molar-refractivity contribution is 5.71. The Kier molecular flexibility index (Phi) is 48.3. The van der Waals surface area contributed by atoms with Crippen molar-refractivity contribution < 1.29 is 28.6 Å². The Labute approximate surface area is 378 Å². The number of rotatable bonds is 48. The van der Waals surface area contributed by atoms with Crippen molar-refractivity contribution in [2.75, 3.05) is 13.2 Å². The normalized spacial score (nSPS) is 12.2. The molecule has 6 nitrogen and oxygen atoms in total. The molecule has 0 aromatic rings. The van der Waals surface area contributed by atoms with E-state index in [9.17, 15) is 14.4 Å². The van der Waals surface area contributed by atoms with Crippen molar-refractivity contribution in [1.29, 1.82) is 0 Å². The molecule has 1 atom stereocenters. The summed E-state index contributed by atoms with van der Waals surface area (Å²) in [6.45, 7) is 6.59. The first kappa shape index (κ1) is 58.6. The smallest absolute Gasteiger partial charge is 0.306 e. The van der Waals surface area contributed by atoms with Crippen molar-refractivity contribution in [3.05, 3.63) is 36.5 Å². The van der Waals surface area contributed by atoms with Crippen LogP contribution in [0, 0.1) is 0 Å². The number of allylic oxidation sites excluding steroid dienone is 6. The van der Waals surface area contributed by atoms with Gasteiger partial charge in [-0.15, -0.1) is 0 Å². The fourth-order valence-corrected chi connectivity index (χ4v) is 7.57. The van der Waals surface area contributed by atoms with Crippen molar-refractivity contribution in [2.45, 2.75) is 284 Å². The fourth-order valence-electron chi connectivity index (χ4n) is 7.57. The molecule has 0 rings (SSSR count). The SMILES string of the molecule is CCCC/C=C\C/C=C\CCCCCCCC(=O)O[C@@H](COC(=O)CCCCCCCCC/C=C\CCCCCCCCCC)COC(=O)CCCCCCCCCCCC. The summed E-state index contributed by atoms with van der Waals surface area (Å²) in [4.78, 5) is 37.9. The molecule has 61 heavy (non-hydrogen) atoms. The van der Waals surface area contributed by atoms with E-state index in [-0.39, 0.29) is 31.1 Å². The molecule has 0 spiro atoms. The Bertz CT molecular complexity index is 1030. The Hall–Kier alpha value is -2.37. The number of hydrogen-bond acceptors (Lipinski definition) is 6. The van der Waals surface area contributed by atoms with Gasteiger partial charge in [0.15, 0.2) is 6.10 Å². The molecule has 0 aliphatic carbocycles. The van der Waals surface area contributed by atoms with E-state index in [2.05, 4.69) is 57.2 Å². The summed E-state index contributed by atoms with van der Waals surface area (Å²) < 4.78 is 16.8. The molecule has 0 bridgehead atoms. The maximum Gasteiger partial charge on any atom is 0.306 e. The standard InChI is InChI=1S/C55H100O6/c1-4-7-10-13-16-19-22-24-26-27-28-29-30-32-33-36-39-42-45-48-54(57)60-51-52(50-59-53(56)47-44-41-38-35-21-18-15-12-9-6-3)61-55(58)49-46-43-40-37-34-31-25-23-20-17-14-11-8-5-2/h14,17,23,25,27-28,52H,4-13,15-16,18-22,24,26,29-51H2,1-3H3/b17-14-,25-23-,28-27-/t52-/m1/s1. The van der Waals surface area contributed by atoms with E-state index < -0.39 is 6.10 Å². The van der Waals surface area contributed by atoms with Crippen LogP contribution in [0.5, 0.6) is 0 Å². The Morgan fingerprint density at radius 2 is 0.607 bits per heavy atom. The molecule has 0 aliphatic heterocycles. The molecule has 6 heteroatoms. The molecule has 0 aromatic carbocycles. The Balaban J connectivity index is 4.31. The van der Waals surface area contributed by atoms with Gasteiger partial charge in [0.2, 0.25) is 0 Å². The van der Waals surface area contributed by atoms with Crippen LogP contribution in [0.1, 0.15) is 278 Å². The highest BCUT2D eigenvalue weighted by atomic mass is 16.6. The minimum absolute atomic E-state index is 0.0767. The van der Waals surface area contributed by atoms with Gasteiger partial charge in [0.1, 0.15) is 13.2 Å². The molecule has 0 N–H and O–H groups in total. The lowest BCUT2D eigenvalue weighted by atomic mass is 10.1. The molecular weight excluding hydrogens is 757 g/mol. The van der Waals surface area contributed by atoms with Gasteiger partial charge in [-0.25, -0.2) is 0 Å². The van der Waals surface area contributed by atoms with Crippen LogP contribution in [-0.4, -0.2) is 37.2 Å². The van der Waals surface area contributed by atoms with Gasteiger partial charge in [-0.05, 0) is 70.6 Å². The van der Waals surface area contributed by atoms with Gasteiger partial charge in [-0.2, -0.15) is 0 Å². The number of esters is 3. The van der Waals surface area contributed by atoms with E-state index in [1.165, 1.54) is 154 Å². The summed E-state index contributed by atoms with van der Waals surface area (Å²) in [5.74, 6) is -0.887. The van der Waals surface area contributed by atoms with Crippen molar-refractivity contribution in [2.24, 2.45) is 0 Å². The lowest BCUT2D eigenvalue weighted by Crippen LogP contribution is -2.30. The molecule has 0 aliphatic rings. The van der Waals surface area contributed by atoms with E-state index in [0.29, 0.717) is 19.3 Å². The Morgan fingerprint density at radius 1 is 0.328 bits per heavy atom. The molecule has 0 saturated carbocycles. The van der Waals surface area contributed by atoms with Crippen LogP contribution >= 0.6 is 0 Å². The second kappa shape index (κ2) is 50.3. The second-order valence-electron chi connectivity index (χ2n) is 17.8. The fraction of sp³-hybridized carbons (Fsp3) is 0.836. The monoisotopic (exact) mass is 857 g/mol. The van der Waals surface area contributed by atoms with E-state index in [0.717, 1.165) is 83.5 Å². The summed E-state index contributed by atoms with van der Waals surface area (Å²) in [5.41, 5.74) is 0. The van der Waals surface area contributed by atoms with Crippen LogP contribution in [0.3, 0.4) is 0 Å². The third kappa shape index (κ3) is 48.5. The average molecular weight is 857 g/mol. The van der Waals surface area contributed by atoms with Gasteiger partial charge < -0.3 is 14.2 Å². The second-order valence-corrected chi connectivity index (χ2v) is 17.8. The van der Waals surface area contributed by atoms with Gasteiger partial charge in [0.05, 0.1) is 0 Å². The highest BCUT2D eigenvalue weighted by Crippen LogP contribution is 2.15. The molecule has 0 amide bonds. The topological polar surface area (TPSA) is 78.9 Å². The summed E-state index contributed by atoms with van der Waals surface area (Å²) in [5, 5.41) is 0. The van der Waals surface area contributed by atoms with E-state index in [1.807, 2.05) is 0 Å². The van der Waals surface area contributed by atoms with Crippen LogP contribution in [0.4, 0.5) is 0 Å². The van der Waals surface area contributed by atoms with Gasteiger partial charge in [-0.1, -0.05) is 224 Å². The number of unbranched alkanes of at least 4 members (excludes halogenated alkanes) is 31. The molecular formula is C55H100O6. The third-order valence-electron chi connectivity index (χ3n) is 11.6. The lowest BCUT2D eigenvalue weighted by Gasteiger charge is -2.18. The first-order valence-electron chi connectivity index (χ1n) is 26.5. The van der Waals surface area contributed by atoms with Crippen molar-refractivity contribution in [3.8, 4) is 0 Å². The maximum absolute atomic E-state index is 12.8. The van der Waals surface area contributed by atoms with E-state index in [4.69, 9.17) is 14.2 Å². The number of carbonyl (C=O) groups is 3. The molecule has 0 fully saturated rings. The maximum atomic E-state index is 12.8. The molecule has 0 radical (unpaired) electrons. The summed E-state index contributed by atoms with van der Waals surface area (Å²) in [6, 6.07) is 0. The lowest BCUT2D eigenvalue weighted by molar-refractivity contribution is -0.167. The molecule has 0 unspecified atom stereocenters.